The van der Waals surface area contributed by atoms with Crippen LogP contribution >= 0.6 is 0 Å². The highest BCUT2D eigenvalue weighted by Crippen LogP contribution is 2.37. The molecule has 120 valence electrons. The standard InChI is InChI=1S/C14H18N2O6/c1-20-10-6-12(21-2)11-5-9(8-22-13(11)7-10)15-14(17)3-4-16(18)19/h6-7,9H,3-5,8H2,1-2H3,(H,15,17). The lowest BCUT2D eigenvalue weighted by Crippen LogP contribution is -2.43. The van der Waals surface area contributed by atoms with Gasteiger partial charge >= 0.3 is 0 Å². The van der Waals surface area contributed by atoms with Gasteiger partial charge in [-0.2, -0.15) is 0 Å². The van der Waals surface area contributed by atoms with E-state index in [4.69, 9.17) is 14.2 Å². The topological polar surface area (TPSA) is 99.9 Å². The molecule has 1 unspecified atom stereocenters. The van der Waals surface area contributed by atoms with Crippen molar-refractivity contribution in [3.05, 3.63) is 27.8 Å². The van der Waals surface area contributed by atoms with Gasteiger partial charge in [0.2, 0.25) is 12.5 Å². The van der Waals surface area contributed by atoms with Crippen LogP contribution in [0.1, 0.15) is 12.0 Å². The fourth-order valence-corrected chi connectivity index (χ4v) is 2.31. The van der Waals surface area contributed by atoms with Gasteiger partial charge in [-0.05, 0) is 0 Å². The number of ether oxygens (including phenoxy) is 3. The lowest BCUT2D eigenvalue weighted by Gasteiger charge is -2.27. The van der Waals surface area contributed by atoms with Gasteiger partial charge in [0.15, 0.2) is 0 Å². The quantitative estimate of drug-likeness (QED) is 0.616. The Morgan fingerprint density at radius 1 is 1.45 bits per heavy atom. The highest BCUT2D eigenvalue weighted by Gasteiger charge is 2.25. The average Bonchev–Trinajstić information content (AvgIpc) is 2.51. The van der Waals surface area contributed by atoms with Crippen molar-refractivity contribution >= 4 is 5.91 Å². The number of amides is 1. The van der Waals surface area contributed by atoms with Gasteiger partial charge in [0, 0.05) is 29.0 Å². The molecule has 22 heavy (non-hydrogen) atoms. The molecule has 1 aromatic rings. The lowest BCUT2D eigenvalue weighted by atomic mass is 10.0. The molecule has 1 heterocycles. The van der Waals surface area contributed by atoms with E-state index in [2.05, 4.69) is 5.32 Å². The summed E-state index contributed by atoms with van der Waals surface area (Å²) >= 11 is 0. The maximum Gasteiger partial charge on any atom is 0.226 e. The zero-order chi connectivity index (χ0) is 16.1. The largest absolute Gasteiger partial charge is 0.496 e. The monoisotopic (exact) mass is 310 g/mol. The number of hydrogen-bond donors (Lipinski definition) is 1. The lowest BCUT2D eigenvalue weighted by molar-refractivity contribution is -0.478. The number of carbonyl (C=O) groups excluding carboxylic acids is 1. The molecule has 1 amide bonds. The minimum Gasteiger partial charge on any atom is -0.496 e. The third kappa shape index (κ3) is 3.78. The first kappa shape index (κ1) is 15.9. The number of hydrogen-bond acceptors (Lipinski definition) is 6. The van der Waals surface area contributed by atoms with Crippen LogP contribution in [-0.2, 0) is 11.2 Å². The Morgan fingerprint density at radius 2 is 2.23 bits per heavy atom. The maximum absolute atomic E-state index is 11.7. The van der Waals surface area contributed by atoms with Crippen LogP contribution < -0.4 is 19.5 Å². The maximum atomic E-state index is 11.7. The summed E-state index contributed by atoms with van der Waals surface area (Å²) in [7, 11) is 3.11. The molecular weight excluding hydrogens is 292 g/mol. The molecule has 1 N–H and O–H groups in total. The predicted molar refractivity (Wildman–Crippen MR) is 77.2 cm³/mol. The molecule has 1 aliphatic rings. The molecule has 0 bridgehead atoms. The summed E-state index contributed by atoms with van der Waals surface area (Å²) in [5, 5.41) is 13.0. The molecule has 1 aromatic carbocycles. The van der Waals surface area contributed by atoms with Crippen LogP contribution in [0.2, 0.25) is 0 Å². The predicted octanol–water partition coefficient (Wildman–Crippen LogP) is 0.790. The number of carbonyl (C=O) groups is 1. The van der Waals surface area contributed by atoms with E-state index in [1.807, 2.05) is 0 Å². The van der Waals surface area contributed by atoms with Gasteiger partial charge in [0.25, 0.3) is 0 Å². The van der Waals surface area contributed by atoms with Gasteiger partial charge in [0.05, 0.1) is 26.7 Å². The molecule has 2 rings (SSSR count). The van der Waals surface area contributed by atoms with Crippen molar-refractivity contribution in [2.75, 3.05) is 27.4 Å². The normalized spacial score (nSPS) is 16.2. The molecule has 0 aromatic heterocycles. The van der Waals surface area contributed by atoms with Crippen molar-refractivity contribution in [1.82, 2.24) is 5.32 Å². The van der Waals surface area contributed by atoms with Crippen LogP contribution in [0.5, 0.6) is 17.2 Å². The number of benzene rings is 1. The smallest absolute Gasteiger partial charge is 0.226 e. The molecule has 0 aliphatic carbocycles. The van der Waals surface area contributed by atoms with E-state index >= 15 is 0 Å². The molecule has 8 nitrogen and oxygen atoms in total. The third-order valence-electron chi connectivity index (χ3n) is 3.37. The molecular formula is C14H18N2O6. The molecule has 0 saturated heterocycles. The van der Waals surface area contributed by atoms with E-state index in [0.717, 1.165) is 5.56 Å². The summed E-state index contributed by atoms with van der Waals surface area (Å²) in [4.78, 5) is 21.4. The van der Waals surface area contributed by atoms with Crippen LogP contribution in [0, 0.1) is 10.1 Å². The van der Waals surface area contributed by atoms with E-state index in [1.54, 1.807) is 26.4 Å². The Labute approximate surface area is 127 Å². The molecule has 1 aliphatic heterocycles. The van der Waals surface area contributed by atoms with E-state index in [9.17, 15) is 14.9 Å². The minimum atomic E-state index is -0.512. The summed E-state index contributed by atoms with van der Waals surface area (Å²) < 4.78 is 16.1. The molecule has 0 saturated carbocycles. The van der Waals surface area contributed by atoms with Crippen LogP contribution in [0.15, 0.2) is 12.1 Å². The summed E-state index contributed by atoms with van der Waals surface area (Å²) in [5.41, 5.74) is 0.842. The van der Waals surface area contributed by atoms with Crippen molar-refractivity contribution in [2.24, 2.45) is 0 Å². The molecule has 0 fully saturated rings. The molecule has 1 atom stereocenters. The zero-order valence-corrected chi connectivity index (χ0v) is 12.5. The van der Waals surface area contributed by atoms with E-state index in [0.29, 0.717) is 30.3 Å². The highest BCUT2D eigenvalue weighted by atomic mass is 16.6. The third-order valence-corrected chi connectivity index (χ3v) is 3.37. The van der Waals surface area contributed by atoms with E-state index < -0.39 is 4.92 Å². The van der Waals surface area contributed by atoms with E-state index in [1.165, 1.54) is 0 Å². The summed E-state index contributed by atoms with van der Waals surface area (Å²) in [6, 6.07) is 3.27. The Kier molecular flexibility index (Phi) is 5.03. The first-order valence-electron chi connectivity index (χ1n) is 6.82. The second kappa shape index (κ2) is 6.97. The summed E-state index contributed by atoms with van der Waals surface area (Å²) in [6.07, 6.45) is 0.392. The minimum absolute atomic E-state index is 0.143. The summed E-state index contributed by atoms with van der Waals surface area (Å²) in [6.45, 7) is -0.0793. The summed E-state index contributed by atoms with van der Waals surface area (Å²) in [5.74, 6) is 1.55. The fourth-order valence-electron chi connectivity index (χ4n) is 2.31. The van der Waals surface area contributed by atoms with Crippen molar-refractivity contribution in [3.8, 4) is 17.2 Å². The SMILES string of the molecule is COc1cc(OC)c2c(c1)OCC(NC(=O)CC[N+](=O)[O-])C2. The molecule has 0 radical (unpaired) electrons. The van der Waals surface area contributed by atoms with Crippen LogP contribution in [0.3, 0.4) is 0 Å². The van der Waals surface area contributed by atoms with Gasteiger partial charge in [-0.1, -0.05) is 0 Å². The Hall–Kier alpha value is -2.51. The second-order valence-corrected chi connectivity index (χ2v) is 4.89. The highest BCUT2D eigenvalue weighted by molar-refractivity contribution is 5.76. The second-order valence-electron chi connectivity index (χ2n) is 4.89. The van der Waals surface area contributed by atoms with Crippen LogP contribution in [0.25, 0.3) is 0 Å². The number of fused-ring (bicyclic) bond motifs is 1. The number of methoxy groups -OCH3 is 2. The Bertz CT molecular complexity index is 557. The van der Waals surface area contributed by atoms with Gasteiger partial charge < -0.3 is 19.5 Å². The van der Waals surface area contributed by atoms with Crippen molar-refractivity contribution in [2.45, 2.75) is 18.9 Å². The van der Waals surface area contributed by atoms with Crippen molar-refractivity contribution in [1.29, 1.82) is 0 Å². The molecule has 0 spiro atoms. The van der Waals surface area contributed by atoms with Crippen LogP contribution in [0.4, 0.5) is 0 Å². The number of nitrogens with one attached hydrogen (secondary N) is 1. The van der Waals surface area contributed by atoms with Crippen LogP contribution in [-0.4, -0.2) is 44.2 Å². The number of rotatable bonds is 6. The Morgan fingerprint density at radius 3 is 2.86 bits per heavy atom. The van der Waals surface area contributed by atoms with Crippen molar-refractivity contribution in [3.63, 3.8) is 0 Å². The fraction of sp³-hybridized carbons (Fsp3) is 0.500. The van der Waals surface area contributed by atoms with Gasteiger partial charge in [0.1, 0.15) is 23.9 Å². The number of nitrogens with zero attached hydrogens (tertiary/aromatic N) is 1. The number of nitro groups is 1. The first-order valence-corrected chi connectivity index (χ1v) is 6.82. The van der Waals surface area contributed by atoms with Gasteiger partial charge in [-0.25, -0.2) is 0 Å². The first-order chi connectivity index (χ1) is 10.5. The van der Waals surface area contributed by atoms with Crippen molar-refractivity contribution < 1.29 is 23.9 Å². The molecule has 8 heteroatoms. The van der Waals surface area contributed by atoms with Gasteiger partial charge in [-0.15, -0.1) is 0 Å². The average molecular weight is 310 g/mol. The Balaban J connectivity index is 2.04. The van der Waals surface area contributed by atoms with E-state index in [-0.39, 0.29) is 24.9 Å². The zero-order valence-electron chi connectivity index (χ0n) is 12.5. The van der Waals surface area contributed by atoms with Gasteiger partial charge in [-0.3, -0.25) is 14.9 Å².